The van der Waals surface area contributed by atoms with E-state index in [9.17, 15) is 14.4 Å². The van der Waals surface area contributed by atoms with Gasteiger partial charge < -0.3 is 20.2 Å². The number of carbonyl (C=O) groups excluding carboxylic acids is 2. The zero-order chi connectivity index (χ0) is 17.8. The SMILES string of the molecule is O=C(O)Cn1ccc(NC(=O)C2CCN(C(=O)N3CCCC3)CC2)n1. The van der Waals surface area contributed by atoms with Crippen LogP contribution in [0.25, 0.3) is 0 Å². The van der Waals surface area contributed by atoms with E-state index in [1.165, 1.54) is 10.9 Å². The smallest absolute Gasteiger partial charge is 0.325 e. The van der Waals surface area contributed by atoms with Gasteiger partial charge >= 0.3 is 12.0 Å². The van der Waals surface area contributed by atoms with Crippen LogP contribution in [0.4, 0.5) is 10.6 Å². The highest BCUT2D eigenvalue weighted by molar-refractivity contribution is 5.91. The van der Waals surface area contributed by atoms with E-state index in [0.717, 1.165) is 25.9 Å². The molecule has 0 aromatic carbocycles. The van der Waals surface area contributed by atoms with Crippen LogP contribution in [0.15, 0.2) is 12.3 Å². The quantitative estimate of drug-likeness (QED) is 0.837. The molecule has 0 aliphatic carbocycles. The fraction of sp³-hybridized carbons (Fsp3) is 0.625. The maximum Gasteiger partial charge on any atom is 0.325 e. The molecule has 3 rings (SSSR count). The molecule has 0 radical (unpaired) electrons. The molecule has 9 heteroatoms. The van der Waals surface area contributed by atoms with Gasteiger partial charge in [0.2, 0.25) is 5.91 Å². The van der Waals surface area contributed by atoms with E-state index in [0.29, 0.717) is 31.7 Å². The summed E-state index contributed by atoms with van der Waals surface area (Å²) in [6.45, 7) is 2.59. The molecule has 0 spiro atoms. The fourth-order valence-corrected chi connectivity index (χ4v) is 3.32. The van der Waals surface area contributed by atoms with Crippen molar-refractivity contribution in [3.8, 4) is 0 Å². The van der Waals surface area contributed by atoms with Crippen molar-refractivity contribution in [1.29, 1.82) is 0 Å². The van der Waals surface area contributed by atoms with Crippen molar-refractivity contribution in [3.05, 3.63) is 12.3 Å². The summed E-state index contributed by atoms with van der Waals surface area (Å²) in [5.41, 5.74) is 0. The molecule has 2 fully saturated rings. The number of anilines is 1. The van der Waals surface area contributed by atoms with Gasteiger partial charge in [-0.25, -0.2) is 4.79 Å². The summed E-state index contributed by atoms with van der Waals surface area (Å²) in [4.78, 5) is 39.0. The second-order valence-electron chi connectivity index (χ2n) is 6.52. The molecule has 2 aliphatic rings. The molecule has 2 N–H and O–H groups in total. The fourth-order valence-electron chi connectivity index (χ4n) is 3.32. The first kappa shape index (κ1) is 17.2. The van der Waals surface area contributed by atoms with Gasteiger partial charge in [0.1, 0.15) is 6.54 Å². The lowest BCUT2D eigenvalue weighted by atomic mass is 9.96. The third-order valence-electron chi connectivity index (χ3n) is 4.70. The lowest BCUT2D eigenvalue weighted by Gasteiger charge is -2.33. The number of amides is 3. The number of aliphatic carboxylic acids is 1. The zero-order valence-corrected chi connectivity index (χ0v) is 14.1. The summed E-state index contributed by atoms with van der Waals surface area (Å²) in [7, 11) is 0. The number of aromatic nitrogens is 2. The Morgan fingerprint density at radius 2 is 1.76 bits per heavy atom. The summed E-state index contributed by atoms with van der Waals surface area (Å²) in [6, 6.07) is 1.66. The van der Waals surface area contributed by atoms with E-state index in [-0.39, 0.29) is 24.4 Å². The van der Waals surface area contributed by atoms with Crippen LogP contribution < -0.4 is 5.32 Å². The lowest BCUT2D eigenvalue weighted by Crippen LogP contribution is -2.47. The van der Waals surface area contributed by atoms with E-state index >= 15 is 0 Å². The summed E-state index contributed by atoms with van der Waals surface area (Å²) in [5.74, 6) is -0.932. The summed E-state index contributed by atoms with van der Waals surface area (Å²) < 4.78 is 1.26. The second-order valence-corrected chi connectivity index (χ2v) is 6.52. The van der Waals surface area contributed by atoms with Crippen molar-refractivity contribution < 1.29 is 19.5 Å². The van der Waals surface area contributed by atoms with Crippen molar-refractivity contribution in [2.45, 2.75) is 32.2 Å². The first-order chi connectivity index (χ1) is 12.0. The maximum absolute atomic E-state index is 12.3. The molecule has 0 bridgehead atoms. The Kier molecular flexibility index (Phi) is 5.20. The Bertz CT molecular complexity index is 645. The number of carboxylic acid groups (broad SMARTS) is 1. The van der Waals surface area contributed by atoms with E-state index in [1.54, 1.807) is 6.07 Å². The van der Waals surface area contributed by atoms with Gasteiger partial charge in [0.15, 0.2) is 5.82 Å². The molecule has 2 aliphatic heterocycles. The van der Waals surface area contributed by atoms with E-state index in [2.05, 4.69) is 10.4 Å². The van der Waals surface area contributed by atoms with Gasteiger partial charge in [0.25, 0.3) is 0 Å². The summed E-state index contributed by atoms with van der Waals surface area (Å²) in [6.07, 6.45) is 4.90. The second kappa shape index (κ2) is 7.54. The van der Waals surface area contributed by atoms with Crippen LogP contribution in [-0.2, 0) is 16.1 Å². The predicted octanol–water partition coefficient (Wildman–Crippen LogP) is 0.834. The van der Waals surface area contributed by atoms with Crippen molar-refractivity contribution in [1.82, 2.24) is 19.6 Å². The van der Waals surface area contributed by atoms with Crippen molar-refractivity contribution in [3.63, 3.8) is 0 Å². The summed E-state index contributed by atoms with van der Waals surface area (Å²) >= 11 is 0. The minimum atomic E-state index is -0.990. The largest absolute Gasteiger partial charge is 0.480 e. The Hall–Kier alpha value is -2.58. The zero-order valence-electron chi connectivity index (χ0n) is 14.1. The molecular formula is C16H23N5O4. The minimum absolute atomic E-state index is 0.0868. The number of nitrogens with zero attached hydrogens (tertiary/aromatic N) is 4. The van der Waals surface area contributed by atoms with E-state index in [1.807, 2.05) is 9.80 Å². The Balaban J connectivity index is 1.47. The van der Waals surface area contributed by atoms with Gasteiger partial charge in [0, 0.05) is 44.4 Å². The Morgan fingerprint density at radius 3 is 2.40 bits per heavy atom. The number of nitrogens with one attached hydrogen (secondary N) is 1. The van der Waals surface area contributed by atoms with Crippen LogP contribution in [0.2, 0.25) is 0 Å². The predicted molar refractivity (Wildman–Crippen MR) is 89.0 cm³/mol. The van der Waals surface area contributed by atoms with Gasteiger partial charge in [-0.1, -0.05) is 0 Å². The molecule has 0 unspecified atom stereocenters. The third kappa shape index (κ3) is 4.28. The minimum Gasteiger partial charge on any atom is -0.480 e. The normalized spacial score (nSPS) is 18.4. The molecule has 9 nitrogen and oxygen atoms in total. The first-order valence-corrected chi connectivity index (χ1v) is 8.63. The number of hydrogen-bond acceptors (Lipinski definition) is 4. The van der Waals surface area contributed by atoms with Crippen molar-refractivity contribution in [2.24, 2.45) is 5.92 Å². The third-order valence-corrected chi connectivity index (χ3v) is 4.70. The van der Waals surface area contributed by atoms with Crippen LogP contribution >= 0.6 is 0 Å². The van der Waals surface area contributed by atoms with Gasteiger partial charge in [0.05, 0.1) is 0 Å². The molecule has 1 aromatic rings. The Morgan fingerprint density at radius 1 is 1.12 bits per heavy atom. The molecule has 0 atom stereocenters. The number of carboxylic acids is 1. The van der Waals surface area contributed by atoms with Crippen LogP contribution in [0.3, 0.4) is 0 Å². The van der Waals surface area contributed by atoms with Crippen LogP contribution in [0.1, 0.15) is 25.7 Å². The van der Waals surface area contributed by atoms with Gasteiger partial charge in [-0.2, -0.15) is 5.10 Å². The lowest BCUT2D eigenvalue weighted by molar-refractivity contribution is -0.137. The van der Waals surface area contributed by atoms with Crippen molar-refractivity contribution in [2.75, 3.05) is 31.5 Å². The highest BCUT2D eigenvalue weighted by Crippen LogP contribution is 2.21. The standard InChI is InChI=1S/C16H23N5O4/c22-14(23)11-21-10-5-13(18-21)17-15(24)12-3-8-20(9-4-12)16(25)19-6-1-2-7-19/h5,10,12H,1-4,6-9,11H2,(H,22,23)(H,17,18,24). The molecule has 2 saturated heterocycles. The number of likely N-dealkylation sites (tertiary alicyclic amines) is 2. The maximum atomic E-state index is 12.3. The number of hydrogen-bond donors (Lipinski definition) is 2. The van der Waals surface area contributed by atoms with Gasteiger partial charge in [-0.3, -0.25) is 14.3 Å². The van der Waals surface area contributed by atoms with Gasteiger partial charge in [-0.05, 0) is 25.7 Å². The average Bonchev–Trinajstić information content (AvgIpc) is 3.26. The monoisotopic (exact) mass is 349 g/mol. The molecule has 0 saturated carbocycles. The molecule has 136 valence electrons. The molecule has 25 heavy (non-hydrogen) atoms. The van der Waals surface area contributed by atoms with Gasteiger partial charge in [-0.15, -0.1) is 0 Å². The number of carbonyl (C=O) groups is 3. The highest BCUT2D eigenvalue weighted by atomic mass is 16.4. The van der Waals surface area contributed by atoms with Crippen LogP contribution in [-0.4, -0.2) is 68.8 Å². The van der Waals surface area contributed by atoms with Crippen molar-refractivity contribution >= 4 is 23.7 Å². The highest BCUT2D eigenvalue weighted by Gasteiger charge is 2.30. The number of rotatable bonds is 4. The van der Waals surface area contributed by atoms with E-state index in [4.69, 9.17) is 5.11 Å². The van der Waals surface area contributed by atoms with Crippen LogP contribution in [0.5, 0.6) is 0 Å². The molecule has 1 aromatic heterocycles. The molecule has 3 amide bonds. The average molecular weight is 349 g/mol. The molecule has 3 heterocycles. The molecular weight excluding hydrogens is 326 g/mol. The Labute approximate surface area is 145 Å². The first-order valence-electron chi connectivity index (χ1n) is 8.63. The summed E-state index contributed by atoms with van der Waals surface area (Å²) in [5, 5.41) is 15.5. The van der Waals surface area contributed by atoms with Crippen LogP contribution in [0, 0.1) is 5.92 Å². The number of piperidine rings is 1. The number of urea groups is 1. The topological polar surface area (TPSA) is 108 Å². The van der Waals surface area contributed by atoms with E-state index < -0.39 is 5.97 Å².